The van der Waals surface area contributed by atoms with Crippen molar-refractivity contribution in [2.75, 3.05) is 26.0 Å². The molecule has 2 aromatic rings. The van der Waals surface area contributed by atoms with E-state index in [2.05, 4.69) is 47.6 Å². The first-order valence-corrected chi connectivity index (χ1v) is 5.76. The molecule has 3 rings (SSSR count). The molecule has 0 amide bonds. The lowest BCUT2D eigenvalue weighted by molar-refractivity contribution is 0.404. The van der Waals surface area contributed by atoms with Gasteiger partial charge in [0.05, 0.1) is 0 Å². The Hall–Kier alpha value is -1.48. The maximum absolute atomic E-state index is 3.44. The molecule has 0 spiro atoms. The predicted molar refractivity (Wildman–Crippen MR) is 67.9 cm³/mol. The van der Waals surface area contributed by atoms with Crippen molar-refractivity contribution in [2.45, 2.75) is 13.0 Å². The normalized spacial score (nSPS) is 14.4. The van der Waals surface area contributed by atoms with Gasteiger partial charge in [-0.25, -0.2) is 0 Å². The van der Waals surface area contributed by atoms with Crippen LogP contribution in [0.25, 0.3) is 10.9 Å². The SMILES string of the molecule is CN(C)Cc1c[nH]c2ccc3c(c12)CCN3. The lowest BCUT2D eigenvalue weighted by atomic mass is 10.0. The summed E-state index contributed by atoms with van der Waals surface area (Å²) in [5.41, 5.74) is 5.46. The fourth-order valence-corrected chi connectivity index (χ4v) is 2.58. The van der Waals surface area contributed by atoms with Crippen LogP contribution in [0.5, 0.6) is 0 Å². The molecule has 0 aliphatic carbocycles. The van der Waals surface area contributed by atoms with Gasteiger partial charge in [0.2, 0.25) is 0 Å². The second-order valence-electron chi connectivity index (χ2n) is 4.74. The van der Waals surface area contributed by atoms with Crippen LogP contribution in [0.2, 0.25) is 0 Å². The molecule has 0 atom stereocenters. The van der Waals surface area contributed by atoms with Crippen molar-refractivity contribution in [2.24, 2.45) is 0 Å². The van der Waals surface area contributed by atoms with Crippen molar-refractivity contribution in [3.8, 4) is 0 Å². The van der Waals surface area contributed by atoms with Gasteiger partial charge in [-0.05, 0) is 43.8 Å². The molecule has 1 aromatic carbocycles. The summed E-state index contributed by atoms with van der Waals surface area (Å²) < 4.78 is 0. The summed E-state index contributed by atoms with van der Waals surface area (Å²) in [5.74, 6) is 0. The Balaban J connectivity index is 2.20. The van der Waals surface area contributed by atoms with E-state index in [0.29, 0.717) is 0 Å². The van der Waals surface area contributed by atoms with Gasteiger partial charge in [0.1, 0.15) is 0 Å². The zero-order valence-electron chi connectivity index (χ0n) is 9.80. The number of aromatic nitrogens is 1. The molecule has 0 saturated heterocycles. The first-order chi connectivity index (χ1) is 7.75. The van der Waals surface area contributed by atoms with Crippen molar-refractivity contribution in [3.05, 3.63) is 29.5 Å². The highest BCUT2D eigenvalue weighted by Gasteiger charge is 2.16. The summed E-state index contributed by atoms with van der Waals surface area (Å²) in [6.07, 6.45) is 3.29. The maximum Gasteiger partial charge on any atom is 0.0461 e. The van der Waals surface area contributed by atoms with Crippen LogP contribution >= 0.6 is 0 Å². The van der Waals surface area contributed by atoms with Crippen LogP contribution in [-0.2, 0) is 13.0 Å². The van der Waals surface area contributed by atoms with Crippen LogP contribution < -0.4 is 5.32 Å². The van der Waals surface area contributed by atoms with Gasteiger partial charge in [-0.1, -0.05) is 0 Å². The highest BCUT2D eigenvalue weighted by Crippen LogP contribution is 2.32. The van der Waals surface area contributed by atoms with Gasteiger partial charge in [-0.2, -0.15) is 0 Å². The van der Waals surface area contributed by atoms with Crippen LogP contribution in [0.1, 0.15) is 11.1 Å². The Morgan fingerprint density at radius 2 is 2.19 bits per heavy atom. The molecular weight excluding hydrogens is 198 g/mol. The number of nitrogens with one attached hydrogen (secondary N) is 2. The van der Waals surface area contributed by atoms with E-state index in [-0.39, 0.29) is 0 Å². The van der Waals surface area contributed by atoms with Gasteiger partial charge in [-0.3, -0.25) is 0 Å². The number of anilines is 1. The van der Waals surface area contributed by atoms with Crippen molar-refractivity contribution >= 4 is 16.6 Å². The van der Waals surface area contributed by atoms with Crippen molar-refractivity contribution < 1.29 is 0 Å². The largest absolute Gasteiger partial charge is 0.384 e. The number of hydrogen-bond acceptors (Lipinski definition) is 2. The average molecular weight is 215 g/mol. The molecule has 84 valence electrons. The average Bonchev–Trinajstić information content (AvgIpc) is 2.82. The molecule has 0 radical (unpaired) electrons. The van der Waals surface area contributed by atoms with Crippen LogP contribution in [-0.4, -0.2) is 30.5 Å². The van der Waals surface area contributed by atoms with Gasteiger partial charge in [-0.15, -0.1) is 0 Å². The second kappa shape index (κ2) is 3.52. The lowest BCUT2D eigenvalue weighted by Gasteiger charge is -2.09. The quantitative estimate of drug-likeness (QED) is 0.804. The fourth-order valence-electron chi connectivity index (χ4n) is 2.58. The topological polar surface area (TPSA) is 31.1 Å². The molecule has 2 heterocycles. The minimum atomic E-state index is 0.996. The molecule has 1 aromatic heterocycles. The fraction of sp³-hybridized carbons (Fsp3) is 0.385. The van der Waals surface area contributed by atoms with E-state index in [1.54, 1.807) is 0 Å². The summed E-state index contributed by atoms with van der Waals surface area (Å²) in [4.78, 5) is 5.58. The Bertz CT molecular complexity index is 525. The Kier molecular flexibility index (Phi) is 2.14. The lowest BCUT2D eigenvalue weighted by Crippen LogP contribution is -2.10. The van der Waals surface area contributed by atoms with Crippen molar-refractivity contribution in [1.29, 1.82) is 0 Å². The second-order valence-corrected chi connectivity index (χ2v) is 4.74. The maximum atomic E-state index is 3.44. The van der Waals surface area contributed by atoms with Gasteiger partial charge in [0.15, 0.2) is 0 Å². The smallest absolute Gasteiger partial charge is 0.0461 e. The third-order valence-corrected chi connectivity index (χ3v) is 3.21. The van der Waals surface area contributed by atoms with E-state index in [0.717, 1.165) is 19.5 Å². The third-order valence-electron chi connectivity index (χ3n) is 3.21. The summed E-state index contributed by atoms with van der Waals surface area (Å²) >= 11 is 0. The number of fused-ring (bicyclic) bond motifs is 3. The molecule has 0 unspecified atom stereocenters. The van der Waals surface area contributed by atoms with Gasteiger partial charge >= 0.3 is 0 Å². The summed E-state index contributed by atoms with van der Waals surface area (Å²) in [7, 11) is 4.22. The van der Waals surface area contributed by atoms with Gasteiger partial charge in [0, 0.05) is 35.9 Å². The van der Waals surface area contributed by atoms with E-state index in [4.69, 9.17) is 0 Å². The number of aromatic amines is 1. The third kappa shape index (κ3) is 1.39. The Morgan fingerprint density at radius 1 is 1.31 bits per heavy atom. The minimum absolute atomic E-state index is 0.996. The highest BCUT2D eigenvalue weighted by molar-refractivity contribution is 5.92. The number of hydrogen-bond donors (Lipinski definition) is 2. The monoisotopic (exact) mass is 215 g/mol. The summed E-state index contributed by atoms with van der Waals surface area (Å²) in [6.45, 7) is 2.07. The molecule has 0 saturated carbocycles. The van der Waals surface area contributed by atoms with Gasteiger partial charge < -0.3 is 15.2 Å². The first-order valence-electron chi connectivity index (χ1n) is 5.76. The van der Waals surface area contributed by atoms with Crippen LogP contribution in [0.4, 0.5) is 5.69 Å². The van der Waals surface area contributed by atoms with E-state index < -0.39 is 0 Å². The van der Waals surface area contributed by atoms with E-state index >= 15 is 0 Å². The van der Waals surface area contributed by atoms with Crippen molar-refractivity contribution in [1.82, 2.24) is 9.88 Å². The Labute approximate surface area is 95.5 Å². The molecule has 1 aliphatic heterocycles. The number of rotatable bonds is 2. The van der Waals surface area contributed by atoms with E-state index in [9.17, 15) is 0 Å². The molecule has 3 nitrogen and oxygen atoms in total. The molecular formula is C13H17N3. The molecule has 0 fully saturated rings. The van der Waals surface area contributed by atoms with Gasteiger partial charge in [0.25, 0.3) is 0 Å². The van der Waals surface area contributed by atoms with E-state index in [1.807, 2.05) is 0 Å². The van der Waals surface area contributed by atoms with Crippen molar-refractivity contribution in [3.63, 3.8) is 0 Å². The molecule has 0 bridgehead atoms. The highest BCUT2D eigenvalue weighted by atomic mass is 15.1. The molecule has 3 heteroatoms. The summed E-state index contributed by atoms with van der Waals surface area (Å²) in [5, 5.41) is 4.86. The predicted octanol–water partition coefficient (Wildman–Crippen LogP) is 2.20. The van der Waals surface area contributed by atoms with Crippen LogP contribution in [0.3, 0.4) is 0 Å². The van der Waals surface area contributed by atoms with Crippen LogP contribution in [0.15, 0.2) is 18.3 Å². The summed E-state index contributed by atoms with van der Waals surface area (Å²) in [6, 6.07) is 4.35. The van der Waals surface area contributed by atoms with E-state index in [1.165, 1.54) is 27.7 Å². The minimum Gasteiger partial charge on any atom is -0.384 e. The molecule has 1 aliphatic rings. The Morgan fingerprint density at radius 3 is 3.00 bits per heavy atom. The molecule has 16 heavy (non-hydrogen) atoms. The standard InChI is InChI=1S/C13H17N3/c1-16(2)8-9-7-15-12-4-3-11-10(13(9)12)5-6-14-11/h3-4,7,14-15H,5-6,8H2,1-2H3. The van der Waals surface area contributed by atoms with Crippen LogP contribution in [0, 0.1) is 0 Å². The molecule has 2 N–H and O–H groups in total. The number of nitrogens with zero attached hydrogens (tertiary/aromatic N) is 1. The zero-order valence-corrected chi connectivity index (χ0v) is 9.80. The number of H-pyrrole nitrogens is 1. The first kappa shape index (κ1) is 9.73. The zero-order chi connectivity index (χ0) is 11.1. The number of benzene rings is 1.